The first-order valence-electron chi connectivity index (χ1n) is 6.13. The molecule has 1 saturated heterocycles. The van der Waals surface area contributed by atoms with Gasteiger partial charge in [-0.1, -0.05) is 12.1 Å². The number of hydrogen-bond acceptors (Lipinski definition) is 4. The summed E-state index contributed by atoms with van der Waals surface area (Å²) in [6.45, 7) is 3.79. The molecule has 19 heavy (non-hydrogen) atoms. The topological polar surface area (TPSA) is 65.4 Å². The third kappa shape index (κ3) is 2.60. The van der Waals surface area contributed by atoms with Crippen molar-refractivity contribution >= 4 is 5.91 Å². The second-order valence-corrected chi connectivity index (χ2v) is 5.08. The van der Waals surface area contributed by atoms with Gasteiger partial charge in [-0.05, 0) is 38.0 Å². The molecule has 1 atom stereocenters. The molecule has 0 spiro atoms. The van der Waals surface area contributed by atoms with Crippen molar-refractivity contribution in [2.75, 3.05) is 7.11 Å². The summed E-state index contributed by atoms with van der Waals surface area (Å²) in [4.78, 5) is 17.3. The van der Waals surface area contributed by atoms with E-state index >= 15 is 0 Å². The Morgan fingerprint density at radius 2 is 2.05 bits per heavy atom. The van der Waals surface area contributed by atoms with Crippen molar-refractivity contribution in [3.8, 4) is 6.07 Å². The van der Waals surface area contributed by atoms with Crippen molar-refractivity contribution < 1.29 is 9.63 Å². The van der Waals surface area contributed by atoms with E-state index in [9.17, 15) is 4.79 Å². The maximum Gasteiger partial charge on any atom is 0.265 e. The largest absolute Gasteiger partial charge is 0.281 e. The lowest BCUT2D eigenvalue weighted by Gasteiger charge is -2.28. The van der Waals surface area contributed by atoms with Crippen molar-refractivity contribution in [1.29, 1.82) is 5.26 Å². The summed E-state index contributed by atoms with van der Waals surface area (Å²) in [5, 5.41) is 13.4. The number of nitriles is 1. The predicted molar refractivity (Wildman–Crippen MR) is 69.7 cm³/mol. The first-order valence-corrected chi connectivity index (χ1v) is 6.13. The number of carbonyl (C=O) groups excluding carboxylic acids is 1. The van der Waals surface area contributed by atoms with Crippen LogP contribution in [0.1, 0.15) is 25.0 Å². The van der Waals surface area contributed by atoms with Crippen LogP contribution in [0.5, 0.6) is 0 Å². The highest BCUT2D eigenvalue weighted by Gasteiger charge is 2.44. The van der Waals surface area contributed by atoms with Gasteiger partial charge in [0.1, 0.15) is 5.66 Å². The summed E-state index contributed by atoms with van der Waals surface area (Å²) in [7, 11) is 1.49. The fourth-order valence-corrected chi connectivity index (χ4v) is 2.37. The van der Waals surface area contributed by atoms with E-state index in [-0.39, 0.29) is 11.9 Å². The van der Waals surface area contributed by atoms with Crippen molar-refractivity contribution in [3.05, 3.63) is 35.4 Å². The van der Waals surface area contributed by atoms with Crippen LogP contribution in [0.4, 0.5) is 0 Å². The molecule has 0 aliphatic carbocycles. The summed E-state index contributed by atoms with van der Waals surface area (Å²) in [6, 6.07) is 9.03. The van der Waals surface area contributed by atoms with E-state index in [0.717, 1.165) is 5.56 Å². The third-order valence-corrected chi connectivity index (χ3v) is 3.24. The molecular weight excluding hydrogens is 242 g/mol. The Labute approximate surface area is 112 Å². The van der Waals surface area contributed by atoms with Gasteiger partial charge in [0.2, 0.25) is 0 Å². The molecule has 1 fully saturated rings. The Morgan fingerprint density at radius 3 is 2.53 bits per heavy atom. The number of amides is 1. The molecule has 1 aromatic rings. The van der Waals surface area contributed by atoms with Crippen LogP contribution in [-0.2, 0) is 16.1 Å². The predicted octanol–water partition coefficient (Wildman–Crippen LogP) is 1.20. The molecule has 1 N–H and O–H groups in total. The number of rotatable bonds is 3. The Balaban J connectivity index is 2.12. The number of hydrogen-bond donors (Lipinski definition) is 1. The average molecular weight is 259 g/mol. The van der Waals surface area contributed by atoms with Gasteiger partial charge in [0.15, 0.2) is 0 Å². The monoisotopic (exact) mass is 259 g/mol. The minimum atomic E-state index is -0.511. The van der Waals surface area contributed by atoms with Crippen LogP contribution in [0.3, 0.4) is 0 Å². The molecule has 5 heteroatoms. The molecule has 0 radical (unpaired) electrons. The Kier molecular flexibility index (Phi) is 3.56. The second kappa shape index (κ2) is 5.00. The third-order valence-electron chi connectivity index (χ3n) is 3.24. The van der Waals surface area contributed by atoms with Crippen LogP contribution in [0.2, 0.25) is 0 Å². The maximum atomic E-state index is 12.2. The van der Waals surface area contributed by atoms with Gasteiger partial charge in [-0.3, -0.25) is 14.9 Å². The number of carbonyl (C=O) groups is 1. The van der Waals surface area contributed by atoms with Gasteiger partial charge in [0.25, 0.3) is 5.91 Å². The highest BCUT2D eigenvalue weighted by molar-refractivity contribution is 5.84. The molecule has 1 amide bonds. The molecule has 0 saturated carbocycles. The fraction of sp³-hybridized carbons (Fsp3) is 0.429. The molecule has 0 aromatic heterocycles. The molecule has 2 rings (SSSR count). The summed E-state index contributed by atoms with van der Waals surface area (Å²) in [5.41, 5.74) is 1.12. The van der Waals surface area contributed by atoms with E-state index in [1.807, 2.05) is 26.0 Å². The molecule has 1 aliphatic heterocycles. The summed E-state index contributed by atoms with van der Waals surface area (Å²) >= 11 is 0. The standard InChI is InChI=1S/C14H17N3O2/c1-14(2)16-12(13(18)17(14)19-3)8-10-4-6-11(9-15)7-5-10/h4-7,12,16H,8H2,1-3H3/t12-/m0/s1. The van der Waals surface area contributed by atoms with Gasteiger partial charge in [-0.2, -0.15) is 5.26 Å². The highest BCUT2D eigenvalue weighted by Crippen LogP contribution is 2.23. The lowest BCUT2D eigenvalue weighted by molar-refractivity contribution is -0.192. The molecule has 0 bridgehead atoms. The van der Waals surface area contributed by atoms with Crippen molar-refractivity contribution in [2.45, 2.75) is 32.0 Å². The normalized spacial score (nSPS) is 21.5. The van der Waals surface area contributed by atoms with Crippen LogP contribution in [0, 0.1) is 11.3 Å². The van der Waals surface area contributed by atoms with E-state index in [4.69, 9.17) is 10.1 Å². The zero-order valence-electron chi connectivity index (χ0n) is 11.3. The lowest BCUT2D eigenvalue weighted by atomic mass is 10.0. The van der Waals surface area contributed by atoms with Gasteiger partial charge in [-0.25, -0.2) is 5.06 Å². The summed E-state index contributed by atoms with van der Waals surface area (Å²) in [5.74, 6) is -0.0724. The van der Waals surface area contributed by atoms with Crippen LogP contribution in [-0.4, -0.2) is 29.8 Å². The number of nitrogens with zero attached hydrogens (tertiary/aromatic N) is 2. The number of benzene rings is 1. The zero-order chi connectivity index (χ0) is 14.0. The van der Waals surface area contributed by atoms with Crippen LogP contribution < -0.4 is 5.32 Å². The van der Waals surface area contributed by atoms with Crippen molar-refractivity contribution in [3.63, 3.8) is 0 Å². The van der Waals surface area contributed by atoms with E-state index < -0.39 is 5.66 Å². The maximum absolute atomic E-state index is 12.2. The van der Waals surface area contributed by atoms with Gasteiger partial charge in [0, 0.05) is 0 Å². The van der Waals surface area contributed by atoms with Crippen LogP contribution in [0.15, 0.2) is 24.3 Å². The van der Waals surface area contributed by atoms with Gasteiger partial charge >= 0.3 is 0 Å². The van der Waals surface area contributed by atoms with E-state index in [1.54, 1.807) is 12.1 Å². The summed E-state index contributed by atoms with van der Waals surface area (Å²) < 4.78 is 0. The van der Waals surface area contributed by atoms with E-state index in [2.05, 4.69) is 11.4 Å². The molecule has 100 valence electrons. The average Bonchev–Trinajstić information content (AvgIpc) is 2.60. The Bertz CT molecular complexity index is 516. The Hall–Kier alpha value is -1.90. The summed E-state index contributed by atoms with van der Waals surface area (Å²) in [6.07, 6.45) is 0.577. The minimum absolute atomic E-state index is 0.0724. The van der Waals surface area contributed by atoms with Crippen molar-refractivity contribution in [1.82, 2.24) is 10.4 Å². The van der Waals surface area contributed by atoms with Gasteiger partial charge < -0.3 is 0 Å². The minimum Gasteiger partial charge on any atom is -0.281 e. The fourth-order valence-electron chi connectivity index (χ4n) is 2.37. The lowest BCUT2D eigenvalue weighted by Crippen LogP contribution is -2.46. The molecular formula is C14H17N3O2. The Morgan fingerprint density at radius 1 is 1.42 bits per heavy atom. The molecule has 1 heterocycles. The smallest absolute Gasteiger partial charge is 0.265 e. The second-order valence-electron chi connectivity index (χ2n) is 5.08. The van der Waals surface area contributed by atoms with E-state index in [1.165, 1.54) is 12.2 Å². The number of hydroxylamine groups is 2. The highest BCUT2D eigenvalue weighted by atomic mass is 16.7. The first-order chi connectivity index (χ1) is 8.97. The van der Waals surface area contributed by atoms with Crippen LogP contribution in [0.25, 0.3) is 0 Å². The van der Waals surface area contributed by atoms with Crippen molar-refractivity contribution in [2.24, 2.45) is 0 Å². The zero-order valence-corrected chi connectivity index (χ0v) is 11.3. The molecule has 1 aliphatic rings. The van der Waals surface area contributed by atoms with Crippen LogP contribution >= 0.6 is 0 Å². The quantitative estimate of drug-likeness (QED) is 0.885. The number of nitrogens with one attached hydrogen (secondary N) is 1. The van der Waals surface area contributed by atoms with Gasteiger partial charge in [0.05, 0.1) is 24.8 Å². The van der Waals surface area contributed by atoms with Gasteiger partial charge in [-0.15, -0.1) is 0 Å². The molecule has 5 nitrogen and oxygen atoms in total. The first kappa shape index (κ1) is 13.5. The SMILES string of the molecule is CON1C(=O)[C@H](Cc2ccc(C#N)cc2)NC1(C)C. The molecule has 1 aromatic carbocycles. The molecule has 0 unspecified atom stereocenters. The van der Waals surface area contributed by atoms with E-state index in [0.29, 0.717) is 12.0 Å².